The molecule has 0 saturated carbocycles. The molecule has 3 heterocycles. The Morgan fingerprint density at radius 1 is 1.50 bits per heavy atom. The number of aryl methyl sites for hydroxylation is 1. The number of hydrogen-bond acceptors (Lipinski definition) is 7. The topological polar surface area (TPSA) is 98.3 Å². The molecule has 1 aliphatic heterocycles. The Labute approximate surface area is 144 Å². The van der Waals surface area contributed by atoms with Gasteiger partial charge in [0.1, 0.15) is 12.1 Å². The van der Waals surface area contributed by atoms with E-state index in [1.165, 1.54) is 16.7 Å². The van der Waals surface area contributed by atoms with Crippen LogP contribution in [0.25, 0.3) is 0 Å². The molecule has 1 amide bonds. The number of sulfone groups is 1. The normalized spacial score (nSPS) is 19.5. The maximum atomic E-state index is 12.4. The zero-order valence-electron chi connectivity index (χ0n) is 13.4. The molecule has 0 N–H and O–H groups in total. The van der Waals surface area contributed by atoms with Crippen LogP contribution in [0.1, 0.15) is 22.7 Å². The van der Waals surface area contributed by atoms with Crippen molar-refractivity contribution < 1.29 is 17.6 Å². The Balaban J connectivity index is 1.62. The second-order valence-corrected chi connectivity index (χ2v) is 8.92. The second kappa shape index (κ2) is 6.60. The first kappa shape index (κ1) is 17.0. The van der Waals surface area contributed by atoms with Gasteiger partial charge in [0.2, 0.25) is 0 Å². The lowest BCUT2D eigenvalue weighted by Gasteiger charge is -2.22. The molecular formula is C14H18N4O4S2. The average molecular weight is 370 g/mol. The first-order valence-electron chi connectivity index (χ1n) is 7.39. The van der Waals surface area contributed by atoms with E-state index in [-0.39, 0.29) is 29.2 Å². The van der Waals surface area contributed by atoms with Gasteiger partial charge in [0.15, 0.2) is 20.8 Å². The summed E-state index contributed by atoms with van der Waals surface area (Å²) >= 11 is 1.46. The molecule has 0 aliphatic carbocycles. The molecule has 1 unspecified atom stereocenters. The number of hydrogen-bond donors (Lipinski definition) is 0. The van der Waals surface area contributed by atoms with Gasteiger partial charge in [0.25, 0.3) is 5.91 Å². The summed E-state index contributed by atoms with van der Waals surface area (Å²) in [6.07, 6.45) is 2.09. The zero-order chi connectivity index (χ0) is 17.3. The molecule has 0 aromatic carbocycles. The fraction of sp³-hybridized carbons (Fsp3) is 0.500. The number of furan rings is 1. The van der Waals surface area contributed by atoms with Gasteiger partial charge in [-0.1, -0.05) is 11.8 Å². The van der Waals surface area contributed by atoms with Gasteiger partial charge >= 0.3 is 0 Å². The Hall–Kier alpha value is -1.81. The fourth-order valence-corrected chi connectivity index (χ4v) is 5.09. The lowest BCUT2D eigenvalue weighted by Crippen LogP contribution is -2.37. The molecular weight excluding hydrogens is 352 g/mol. The predicted molar refractivity (Wildman–Crippen MR) is 88.4 cm³/mol. The zero-order valence-corrected chi connectivity index (χ0v) is 15.0. The summed E-state index contributed by atoms with van der Waals surface area (Å²) in [5.41, 5.74) is 0. The van der Waals surface area contributed by atoms with Gasteiger partial charge in [-0.25, -0.2) is 8.42 Å². The largest absolute Gasteiger partial charge is 0.455 e. The number of carbonyl (C=O) groups is 1. The Morgan fingerprint density at radius 2 is 2.29 bits per heavy atom. The van der Waals surface area contributed by atoms with Gasteiger partial charge in [-0.2, -0.15) is 0 Å². The summed E-state index contributed by atoms with van der Waals surface area (Å²) in [6.45, 7) is 0. The van der Waals surface area contributed by atoms with E-state index >= 15 is 0 Å². The Morgan fingerprint density at radius 3 is 2.92 bits per heavy atom. The van der Waals surface area contributed by atoms with E-state index in [0.717, 1.165) is 5.16 Å². The van der Waals surface area contributed by atoms with Crippen molar-refractivity contribution in [2.24, 2.45) is 7.05 Å². The van der Waals surface area contributed by atoms with Crippen molar-refractivity contribution in [3.8, 4) is 0 Å². The van der Waals surface area contributed by atoms with Gasteiger partial charge in [-0.15, -0.1) is 10.2 Å². The van der Waals surface area contributed by atoms with Crippen molar-refractivity contribution >= 4 is 27.5 Å². The van der Waals surface area contributed by atoms with Gasteiger partial charge in [-0.3, -0.25) is 4.79 Å². The van der Waals surface area contributed by atoms with Crippen molar-refractivity contribution in [2.75, 3.05) is 18.6 Å². The van der Waals surface area contributed by atoms with Crippen LogP contribution >= 0.6 is 11.8 Å². The smallest absolute Gasteiger partial charge is 0.289 e. The number of rotatable bonds is 5. The van der Waals surface area contributed by atoms with Crippen LogP contribution in [0, 0.1) is 0 Å². The van der Waals surface area contributed by atoms with E-state index in [9.17, 15) is 13.2 Å². The lowest BCUT2D eigenvalue weighted by atomic mass is 10.2. The number of nitrogens with zero attached hydrogens (tertiary/aromatic N) is 4. The van der Waals surface area contributed by atoms with Crippen molar-refractivity contribution in [1.29, 1.82) is 0 Å². The lowest BCUT2D eigenvalue weighted by molar-refractivity contribution is 0.0714. The van der Waals surface area contributed by atoms with Crippen LogP contribution in [-0.2, 0) is 22.6 Å². The summed E-state index contributed by atoms with van der Waals surface area (Å²) < 4.78 is 30.5. The first-order chi connectivity index (χ1) is 11.4. The molecule has 3 rings (SSSR count). The molecule has 8 nitrogen and oxygen atoms in total. The third-order valence-electron chi connectivity index (χ3n) is 3.96. The van der Waals surface area contributed by atoms with Crippen LogP contribution < -0.4 is 0 Å². The van der Waals surface area contributed by atoms with Crippen molar-refractivity contribution in [1.82, 2.24) is 19.7 Å². The highest BCUT2D eigenvalue weighted by Gasteiger charge is 2.33. The van der Waals surface area contributed by atoms with Crippen molar-refractivity contribution in [2.45, 2.75) is 23.4 Å². The summed E-state index contributed by atoms with van der Waals surface area (Å²) in [4.78, 5) is 13.9. The monoisotopic (exact) mass is 370 g/mol. The number of amides is 1. The minimum atomic E-state index is -3.03. The summed E-state index contributed by atoms with van der Waals surface area (Å²) in [5.74, 6) is 1.25. The molecule has 1 fully saturated rings. The predicted octanol–water partition coefficient (Wildman–Crippen LogP) is 0.959. The number of thioether (sulfide) groups is 1. The van der Waals surface area contributed by atoms with Crippen LogP contribution in [0.2, 0.25) is 0 Å². The average Bonchev–Trinajstić information content (AvgIpc) is 3.24. The molecule has 10 heteroatoms. The third-order valence-corrected chi connectivity index (χ3v) is 6.77. The van der Waals surface area contributed by atoms with Crippen LogP contribution in [0.15, 0.2) is 28.0 Å². The second-order valence-electron chi connectivity index (χ2n) is 5.75. The third kappa shape index (κ3) is 3.64. The van der Waals surface area contributed by atoms with E-state index < -0.39 is 9.84 Å². The molecule has 1 atom stereocenters. The maximum absolute atomic E-state index is 12.4. The Bertz CT molecular complexity index is 843. The minimum absolute atomic E-state index is 0.0187. The molecule has 130 valence electrons. The summed E-state index contributed by atoms with van der Waals surface area (Å²) in [6, 6.07) is 3.08. The molecule has 0 spiro atoms. The van der Waals surface area contributed by atoms with E-state index in [4.69, 9.17) is 4.42 Å². The van der Waals surface area contributed by atoms with Crippen LogP contribution in [0.5, 0.6) is 0 Å². The SMILES string of the molecule is CN(C(=O)c1ccc(CSc2nncn2C)o1)C1CCS(=O)(=O)C1. The molecule has 24 heavy (non-hydrogen) atoms. The highest BCUT2D eigenvalue weighted by Crippen LogP contribution is 2.23. The van der Waals surface area contributed by atoms with Gasteiger partial charge in [0.05, 0.1) is 17.3 Å². The summed E-state index contributed by atoms with van der Waals surface area (Å²) in [7, 11) is 0.435. The van der Waals surface area contributed by atoms with E-state index in [2.05, 4.69) is 10.2 Å². The summed E-state index contributed by atoms with van der Waals surface area (Å²) in [5, 5.41) is 8.52. The van der Waals surface area contributed by atoms with Crippen LogP contribution in [-0.4, -0.2) is 58.6 Å². The quantitative estimate of drug-likeness (QED) is 0.723. The molecule has 1 saturated heterocycles. The number of aromatic nitrogens is 3. The highest BCUT2D eigenvalue weighted by atomic mass is 32.2. The van der Waals surface area contributed by atoms with Gasteiger partial charge in [-0.05, 0) is 18.6 Å². The Kier molecular flexibility index (Phi) is 4.68. The molecule has 0 bridgehead atoms. The van der Waals surface area contributed by atoms with Crippen molar-refractivity contribution in [3.05, 3.63) is 30.0 Å². The van der Waals surface area contributed by atoms with E-state index in [1.54, 1.807) is 30.1 Å². The van der Waals surface area contributed by atoms with E-state index in [1.807, 2.05) is 7.05 Å². The molecule has 1 aliphatic rings. The van der Waals surface area contributed by atoms with Crippen LogP contribution in [0.3, 0.4) is 0 Å². The van der Waals surface area contributed by atoms with Crippen LogP contribution in [0.4, 0.5) is 0 Å². The maximum Gasteiger partial charge on any atom is 0.289 e. The fourth-order valence-electron chi connectivity index (χ4n) is 2.53. The molecule has 0 radical (unpaired) electrons. The number of carbonyl (C=O) groups excluding carboxylic acids is 1. The molecule has 2 aromatic rings. The first-order valence-corrected chi connectivity index (χ1v) is 10.2. The minimum Gasteiger partial charge on any atom is -0.455 e. The molecule has 2 aromatic heterocycles. The highest BCUT2D eigenvalue weighted by molar-refractivity contribution is 7.98. The van der Waals surface area contributed by atoms with Gasteiger partial charge in [0, 0.05) is 20.1 Å². The van der Waals surface area contributed by atoms with Crippen molar-refractivity contribution in [3.63, 3.8) is 0 Å². The standard InChI is InChI=1S/C14H18N4O4S2/c1-17-9-15-16-14(17)23-7-11-3-4-12(22-11)13(19)18(2)10-5-6-24(20,21)8-10/h3-4,9-10H,5-8H2,1-2H3. The van der Waals surface area contributed by atoms with E-state index in [0.29, 0.717) is 17.9 Å². The van der Waals surface area contributed by atoms with Gasteiger partial charge < -0.3 is 13.9 Å².